The van der Waals surface area contributed by atoms with E-state index in [0.717, 1.165) is 54.9 Å². The highest BCUT2D eigenvalue weighted by Crippen LogP contribution is 2.41. The van der Waals surface area contributed by atoms with Gasteiger partial charge < -0.3 is 10.6 Å². The fourth-order valence-corrected chi connectivity index (χ4v) is 4.70. The van der Waals surface area contributed by atoms with Crippen LogP contribution in [0.3, 0.4) is 0 Å². The number of hydrogen-bond donors (Lipinski definition) is 2. The van der Waals surface area contributed by atoms with Crippen LogP contribution in [-0.2, 0) is 24.8 Å². The number of nitrogens with zero attached hydrogens (tertiary/aromatic N) is 3. The summed E-state index contributed by atoms with van der Waals surface area (Å²) in [6, 6.07) is 14.8. The lowest BCUT2D eigenvalue weighted by molar-refractivity contribution is 0.522. The van der Waals surface area contributed by atoms with E-state index in [1.807, 2.05) is 12.1 Å². The van der Waals surface area contributed by atoms with Crippen molar-refractivity contribution in [3.63, 3.8) is 0 Å². The van der Waals surface area contributed by atoms with Crippen LogP contribution in [0.5, 0.6) is 0 Å². The monoisotopic (exact) mass is 395 g/mol. The Balaban J connectivity index is 1.52. The Kier molecular flexibility index (Phi) is 4.52. The van der Waals surface area contributed by atoms with E-state index in [9.17, 15) is 5.26 Å². The number of aromatic nitrogens is 2. The molecule has 2 N–H and O–H groups in total. The van der Waals surface area contributed by atoms with Crippen LogP contribution < -0.4 is 10.6 Å². The summed E-state index contributed by atoms with van der Waals surface area (Å²) in [5.41, 5.74) is 8.82. The van der Waals surface area contributed by atoms with Crippen LogP contribution in [0.2, 0.25) is 0 Å². The molecule has 1 aliphatic heterocycles. The lowest BCUT2D eigenvalue weighted by Crippen LogP contribution is -2.24. The number of nitrogens with one attached hydrogen (secondary N) is 2. The summed E-state index contributed by atoms with van der Waals surface area (Å²) in [4.78, 5) is 9.23. The second kappa shape index (κ2) is 7.23. The van der Waals surface area contributed by atoms with Crippen molar-refractivity contribution in [3.05, 3.63) is 70.4 Å². The third kappa shape index (κ3) is 3.24. The SMILES string of the molecule is CC1(C)CCc2c(C#N)cc(-c3ccnc(Nc4cccc5c4CNCC5)n3)cc21. The van der Waals surface area contributed by atoms with Crippen molar-refractivity contribution in [3.8, 4) is 17.3 Å². The fraction of sp³-hybridized carbons (Fsp3) is 0.320. The lowest BCUT2D eigenvalue weighted by Gasteiger charge is -2.21. The Morgan fingerprint density at radius 1 is 1.13 bits per heavy atom. The van der Waals surface area contributed by atoms with Gasteiger partial charge in [-0.05, 0) is 77.7 Å². The molecule has 5 heteroatoms. The largest absolute Gasteiger partial charge is 0.324 e. The first-order valence-corrected chi connectivity index (χ1v) is 10.5. The molecular formula is C25H25N5. The van der Waals surface area contributed by atoms with Gasteiger partial charge in [0.1, 0.15) is 0 Å². The molecule has 5 rings (SSSR count). The normalized spacial score (nSPS) is 16.4. The maximum absolute atomic E-state index is 9.70. The zero-order chi connectivity index (χ0) is 20.7. The van der Waals surface area contributed by atoms with Gasteiger partial charge in [-0.1, -0.05) is 26.0 Å². The zero-order valence-corrected chi connectivity index (χ0v) is 17.4. The van der Waals surface area contributed by atoms with Gasteiger partial charge in [-0.15, -0.1) is 0 Å². The summed E-state index contributed by atoms with van der Waals surface area (Å²) in [5.74, 6) is 0.574. The molecule has 0 saturated heterocycles. The van der Waals surface area contributed by atoms with E-state index in [1.54, 1.807) is 6.20 Å². The standard InChI is InChI=1S/C25H25N5/c1-25(2)9-6-19-18(14-26)12-17(13-21(19)25)22-8-11-28-24(29-22)30-23-5-3-4-16-7-10-27-15-20(16)23/h3-5,8,11-13,27H,6-7,9-10,15H2,1-2H3,(H,28,29,30). The van der Waals surface area contributed by atoms with Crippen LogP contribution in [0.1, 0.15) is 48.1 Å². The number of nitriles is 1. The number of hydrogen-bond acceptors (Lipinski definition) is 5. The second-order valence-corrected chi connectivity index (χ2v) is 8.81. The Morgan fingerprint density at radius 3 is 2.90 bits per heavy atom. The first-order chi connectivity index (χ1) is 14.5. The van der Waals surface area contributed by atoms with Crippen molar-refractivity contribution in [2.45, 2.75) is 45.1 Å². The average molecular weight is 396 g/mol. The van der Waals surface area contributed by atoms with Crippen LogP contribution in [0.25, 0.3) is 11.3 Å². The van der Waals surface area contributed by atoms with Gasteiger partial charge in [0.05, 0.1) is 17.3 Å². The molecule has 0 spiro atoms. The van der Waals surface area contributed by atoms with E-state index >= 15 is 0 Å². The van der Waals surface area contributed by atoms with E-state index in [2.05, 4.69) is 59.8 Å². The summed E-state index contributed by atoms with van der Waals surface area (Å²) in [7, 11) is 0. The molecule has 0 atom stereocenters. The molecule has 0 amide bonds. The molecule has 0 fully saturated rings. The predicted molar refractivity (Wildman–Crippen MR) is 119 cm³/mol. The molecule has 2 aromatic carbocycles. The summed E-state index contributed by atoms with van der Waals surface area (Å²) < 4.78 is 0. The minimum Gasteiger partial charge on any atom is -0.324 e. The minimum atomic E-state index is 0.0845. The number of rotatable bonds is 3. The molecule has 0 unspecified atom stereocenters. The molecule has 1 aromatic heterocycles. The summed E-state index contributed by atoms with van der Waals surface area (Å²) in [6.07, 6.45) is 4.86. The summed E-state index contributed by atoms with van der Waals surface area (Å²) >= 11 is 0. The van der Waals surface area contributed by atoms with Crippen molar-refractivity contribution in [1.29, 1.82) is 5.26 Å². The quantitative estimate of drug-likeness (QED) is 0.676. The number of fused-ring (bicyclic) bond motifs is 2. The van der Waals surface area contributed by atoms with Gasteiger partial charge in [-0.2, -0.15) is 5.26 Å². The third-order valence-electron chi connectivity index (χ3n) is 6.44. The summed E-state index contributed by atoms with van der Waals surface area (Å²) in [6.45, 7) is 6.37. The highest BCUT2D eigenvalue weighted by molar-refractivity contribution is 5.68. The Morgan fingerprint density at radius 2 is 2.03 bits per heavy atom. The molecule has 150 valence electrons. The average Bonchev–Trinajstić information content (AvgIpc) is 3.08. The van der Waals surface area contributed by atoms with Gasteiger partial charge >= 0.3 is 0 Å². The predicted octanol–water partition coefficient (Wildman–Crippen LogP) is 4.63. The van der Waals surface area contributed by atoms with Crippen LogP contribution in [0, 0.1) is 11.3 Å². The van der Waals surface area contributed by atoms with Crippen molar-refractivity contribution < 1.29 is 0 Å². The smallest absolute Gasteiger partial charge is 0.227 e. The lowest BCUT2D eigenvalue weighted by atomic mass is 9.84. The van der Waals surface area contributed by atoms with E-state index in [1.165, 1.54) is 22.3 Å². The minimum absolute atomic E-state index is 0.0845. The Hall–Kier alpha value is -3.23. The Labute approximate surface area is 177 Å². The van der Waals surface area contributed by atoms with Gasteiger partial charge in [0.2, 0.25) is 5.95 Å². The molecule has 2 heterocycles. The molecule has 3 aromatic rings. The third-order valence-corrected chi connectivity index (χ3v) is 6.44. The number of anilines is 2. The van der Waals surface area contributed by atoms with E-state index < -0.39 is 0 Å². The van der Waals surface area contributed by atoms with Crippen LogP contribution >= 0.6 is 0 Å². The molecule has 1 aliphatic carbocycles. The fourth-order valence-electron chi connectivity index (χ4n) is 4.70. The van der Waals surface area contributed by atoms with Gasteiger partial charge in [-0.25, -0.2) is 9.97 Å². The molecule has 2 aliphatic rings. The number of benzene rings is 2. The molecular weight excluding hydrogens is 370 g/mol. The van der Waals surface area contributed by atoms with Crippen molar-refractivity contribution >= 4 is 11.6 Å². The van der Waals surface area contributed by atoms with E-state index in [4.69, 9.17) is 4.98 Å². The van der Waals surface area contributed by atoms with Crippen LogP contribution in [0.4, 0.5) is 11.6 Å². The first-order valence-electron chi connectivity index (χ1n) is 10.5. The first kappa shape index (κ1) is 18.8. The van der Waals surface area contributed by atoms with Crippen molar-refractivity contribution in [1.82, 2.24) is 15.3 Å². The van der Waals surface area contributed by atoms with Crippen molar-refractivity contribution in [2.24, 2.45) is 0 Å². The van der Waals surface area contributed by atoms with E-state index in [-0.39, 0.29) is 5.41 Å². The van der Waals surface area contributed by atoms with Gasteiger partial charge in [-0.3, -0.25) is 0 Å². The van der Waals surface area contributed by atoms with Crippen LogP contribution in [0.15, 0.2) is 42.6 Å². The van der Waals surface area contributed by atoms with Crippen LogP contribution in [-0.4, -0.2) is 16.5 Å². The highest BCUT2D eigenvalue weighted by atomic mass is 15.1. The van der Waals surface area contributed by atoms with Crippen molar-refractivity contribution in [2.75, 3.05) is 11.9 Å². The second-order valence-electron chi connectivity index (χ2n) is 8.81. The maximum Gasteiger partial charge on any atom is 0.227 e. The maximum atomic E-state index is 9.70. The van der Waals surface area contributed by atoms with Gasteiger partial charge in [0, 0.05) is 24.0 Å². The topological polar surface area (TPSA) is 73.6 Å². The molecule has 0 bridgehead atoms. The van der Waals surface area contributed by atoms with E-state index in [0.29, 0.717) is 5.95 Å². The van der Waals surface area contributed by atoms with Gasteiger partial charge in [0.15, 0.2) is 0 Å². The Bertz CT molecular complexity index is 1170. The molecule has 0 saturated carbocycles. The molecule has 30 heavy (non-hydrogen) atoms. The highest BCUT2D eigenvalue weighted by Gasteiger charge is 2.32. The summed E-state index contributed by atoms with van der Waals surface area (Å²) in [5, 5.41) is 16.6. The molecule has 0 radical (unpaired) electrons. The molecule has 5 nitrogen and oxygen atoms in total. The van der Waals surface area contributed by atoms with Gasteiger partial charge in [0.25, 0.3) is 0 Å². The zero-order valence-electron chi connectivity index (χ0n) is 17.4.